The molecular weight excluding hydrogens is 506 g/mol. The third-order valence-electron chi connectivity index (χ3n) is 6.91. The van der Waals surface area contributed by atoms with Crippen molar-refractivity contribution in [2.45, 2.75) is 27.7 Å². The van der Waals surface area contributed by atoms with Gasteiger partial charge in [-0.05, 0) is 68.9 Å². The van der Waals surface area contributed by atoms with Crippen LogP contribution in [0.25, 0.3) is 11.6 Å². The Labute approximate surface area is 233 Å². The number of nitrogens with one attached hydrogen (secondary N) is 5. The van der Waals surface area contributed by atoms with Crippen molar-refractivity contribution in [2.75, 3.05) is 42.1 Å². The number of fused-ring (bicyclic) bond motifs is 1. The van der Waals surface area contributed by atoms with E-state index in [9.17, 15) is 14.4 Å². The van der Waals surface area contributed by atoms with E-state index in [-0.39, 0.29) is 11.8 Å². The van der Waals surface area contributed by atoms with Crippen molar-refractivity contribution in [1.82, 2.24) is 15.2 Å². The molecule has 0 spiro atoms. The van der Waals surface area contributed by atoms with Gasteiger partial charge in [0.2, 0.25) is 0 Å². The Morgan fingerprint density at radius 2 is 1.77 bits per heavy atom. The van der Waals surface area contributed by atoms with Crippen molar-refractivity contribution < 1.29 is 14.4 Å². The van der Waals surface area contributed by atoms with Crippen LogP contribution < -0.4 is 21.3 Å². The summed E-state index contributed by atoms with van der Waals surface area (Å²) in [5.41, 5.74) is 5.89. The van der Waals surface area contributed by atoms with Crippen molar-refractivity contribution >= 4 is 46.6 Å². The van der Waals surface area contributed by atoms with E-state index < -0.39 is 6.03 Å². The molecule has 0 radical (unpaired) electrons. The maximum absolute atomic E-state index is 12.9. The van der Waals surface area contributed by atoms with E-state index in [0.717, 1.165) is 30.9 Å². The fourth-order valence-electron chi connectivity index (χ4n) is 4.73. The molecule has 4 amide bonds. The van der Waals surface area contributed by atoms with Gasteiger partial charge >= 0.3 is 6.03 Å². The van der Waals surface area contributed by atoms with Gasteiger partial charge in [-0.3, -0.25) is 9.59 Å². The number of nitriles is 1. The molecule has 10 nitrogen and oxygen atoms in total. The highest BCUT2D eigenvalue weighted by Gasteiger charge is 2.26. The summed E-state index contributed by atoms with van der Waals surface area (Å²) >= 11 is 0. The van der Waals surface area contributed by atoms with Crippen LogP contribution in [0, 0.1) is 25.2 Å². The lowest BCUT2D eigenvalue weighted by Gasteiger charge is -2.18. The summed E-state index contributed by atoms with van der Waals surface area (Å²) in [5.74, 6) is -0.422. The van der Waals surface area contributed by atoms with E-state index in [4.69, 9.17) is 5.26 Å². The van der Waals surface area contributed by atoms with Crippen LogP contribution in [-0.4, -0.2) is 53.9 Å². The minimum Gasteiger partial charge on any atom is -0.358 e. The quantitative estimate of drug-likeness (QED) is 0.250. The zero-order valence-electron chi connectivity index (χ0n) is 23.1. The number of carbonyl (C=O) groups excluding carboxylic acids is 3. The Hall–Kier alpha value is -4.88. The average Bonchev–Trinajstić information content (AvgIpc) is 3.39. The zero-order chi connectivity index (χ0) is 28.8. The molecule has 4 rings (SSSR count). The second-order valence-electron chi connectivity index (χ2n) is 9.49. The standard InChI is InChI=1S/C30H33N7O3/c1-5-37(6-2)13-12-32-29(39)27-18(3)25(33-19(27)4)16-24-23-11-10-22(15-26(23)36-28(24)38)35-30(40)34-21-9-7-8-20(14-21)17-31/h7-11,14-16,33H,5-6,12-13H2,1-4H3,(H,32,39)(H,36,38)(H2,34,35,40)/b24-16-. The van der Waals surface area contributed by atoms with Crippen molar-refractivity contribution in [2.24, 2.45) is 0 Å². The van der Waals surface area contributed by atoms with Crippen LogP contribution in [0.5, 0.6) is 0 Å². The van der Waals surface area contributed by atoms with Gasteiger partial charge in [-0.1, -0.05) is 26.0 Å². The minimum atomic E-state index is -0.476. The van der Waals surface area contributed by atoms with Crippen molar-refractivity contribution in [3.05, 3.63) is 76.1 Å². The van der Waals surface area contributed by atoms with Crippen LogP contribution in [0.3, 0.4) is 0 Å². The molecule has 206 valence electrons. The SMILES string of the molecule is CCN(CC)CCNC(=O)c1c(C)[nH]c(/C=C2\C(=O)Nc3cc(NC(=O)Nc4cccc(C#N)c4)ccc32)c1C. The number of aromatic amines is 1. The van der Waals surface area contributed by atoms with Gasteiger partial charge in [0.1, 0.15) is 0 Å². The second kappa shape index (κ2) is 12.3. The first-order chi connectivity index (χ1) is 19.2. The molecule has 0 aliphatic carbocycles. The first-order valence-electron chi connectivity index (χ1n) is 13.2. The number of rotatable bonds is 9. The molecule has 0 atom stereocenters. The number of aromatic nitrogens is 1. The van der Waals surface area contributed by atoms with Gasteiger partial charge in [-0.15, -0.1) is 0 Å². The van der Waals surface area contributed by atoms with Crippen LogP contribution in [-0.2, 0) is 4.79 Å². The predicted molar refractivity (Wildman–Crippen MR) is 157 cm³/mol. The Bertz CT molecular complexity index is 1530. The maximum atomic E-state index is 12.9. The Morgan fingerprint density at radius 1 is 1.05 bits per heavy atom. The third kappa shape index (κ3) is 6.22. The van der Waals surface area contributed by atoms with Gasteiger partial charge in [0.25, 0.3) is 11.8 Å². The summed E-state index contributed by atoms with van der Waals surface area (Å²) in [6, 6.07) is 13.3. The lowest BCUT2D eigenvalue weighted by Crippen LogP contribution is -2.35. The average molecular weight is 540 g/mol. The van der Waals surface area contributed by atoms with Crippen molar-refractivity contribution in [1.29, 1.82) is 5.26 Å². The molecule has 3 aromatic rings. The van der Waals surface area contributed by atoms with E-state index in [1.807, 2.05) is 19.9 Å². The number of carbonyl (C=O) groups is 3. The molecule has 0 bridgehead atoms. The van der Waals surface area contributed by atoms with Crippen LogP contribution in [0.1, 0.15) is 52.3 Å². The molecule has 0 fully saturated rings. The maximum Gasteiger partial charge on any atom is 0.323 e. The number of likely N-dealkylation sites (N-methyl/N-ethyl adjacent to an activating group) is 1. The monoisotopic (exact) mass is 539 g/mol. The molecule has 0 saturated heterocycles. The smallest absolute Gasteiger partial charge is 0.323 e. The molecule has 0 saturated carbocycles. The number of urea groups is 1. The first-order valence-corrected chi connectivity index (χ1v) is 13.2. The molecular formula is C30H33N7O3. The number of benzene rings is 2. The molecule has 1 aliphatic heterocycles. The van der Waals surface area contributed by atoms with Crippen LogP contribution in [0.15, 0.2) is 42.5 Å². The van der Waals surface area contributed by atoms with Gasteiger partial charge in [-0.2, -0.15) is 5.26 Å². The number of nitrogens with zero attached hydrogens (tertiary/aromatic N) is 2. The van der Waals surface area contributed by atoms with Crippen LogP contribution in [0.4, 0.5) is 21.9 Å². The highest BCUT2D eigenvalue weighted by atomic mass is 16.2. The third-order valence-corrected chi connectivity index (χ3v) is 6.91. The Morgan fingerprint density at radius 3 is 2.48 bits per heavy atom. The van der Waals surface area contributed by atoms with Gasteiger partial charge in [0, 0.05) is 41.4 Å². The molecule has 5 N–H and O–H groups in total. The molecule has 0 unspecified atom stereocenters. The van der Waals surface area contributed by atoms with E-state index in [0.29, 0.717) is 51.6 Å². The normalized spacial score (nSPS) is 13.1. The predicted octanol–water partition coefficient (Wildman–Crippen LogP) is 4.71. The summed E-state index contributed by atoms with van der Waals surface area (Å²) in [6.45, 7) is 11.1. The van der Waals surface area contributed by atoms with Gasteiger partial charge in [-0.25, -0.2) is 4.79 Å². The summed E-state index contributed by atoms with van der Waals surface area (Å²) in [7, 11) is 0. The fraction of sp³-hybridized carbons (Fsp3) is 0.267. The molecule has 2 aromatic carbocycles. The summed E-state index contributed by atoms with van der Waals surface area (Å²) in [5, 5.41) is 20.3. The topological polar surface area (TPSA) is 142 Å². The number of hydrogen-bond donors (Lipinski definition) is 5. The lowest BCUT2D eigenvalue weighted by atomic mass is 10.0. The van der Waals surface area contributed by atoms with Crippen LogP contribution >= 0.6 is 0 Å². The highest BCUT2D eigenvalue weighted by Crippen LogP contribution is 2.36. The first kappa shape index (κ1) is 28.1. The summed E-state index contributed by atoms with van der Waals surface area (Å²) in [6.07, 6.45) is 1.75. The van der Waals surface area contributed by atoms with Crippen LogP contribution in [0.2, 0.25) is 0 Å². The second-order valence-corrected chi connectivity index (χ2v) is 9.49. The molecule has 10 heteroatoms. The molecule has 1 aliphatic rings. The number of aryl methyl sites for hydroxylation is 1. The number of amides is 4. The number of H-pyrrole nitrogens is 1. The Kier molecular flexibility index (Phi) is 8.67. The largest absolute Gasteiger partial charge is 0.358 e. The van der Waals surface area contributed by atoms with E-state index in [1.54, 1.807) is 48.5 Å². The van der Waals surface area contributed by atoms with E-state index in [2.05, 4.69) is 45.0 Å². The van der Waals surface area contributed by atoms with Crippen molar-refractivity contribution in [3.63, 3.8) is 0 Å². The lowest BCUT2D eigenvalue weighted by molar-refractivity contribution is -0.110. The van der Waals surface area contributed by atoms with E-state index >= 15 is 0 Å². The fourth-order valence-corrected chi connectivity index (χ4v) is 4.73. The van der Waals surface area contributed by atoms with E-state index in [1.165, 1.54) is 0 Å². The zero-order valence-corrected chi connectivity index (χ0v) is 23.1. The molecule has 1 aromatic heterocycles. The summed E-state index contributed by atoms with van der Waals surface area (Å²) < 4.78 is 0. The van der Waals surface area contributed by atoms with Crippen molar-refractivity contribution in [3.8, 4) is 6.07 Å². The number of anilines is 3. The van der Waals surface area contributed by atoms with Gasteiger partial charge < -0.3 is 31.2 Å². The molecule has 40 heavy (non-hydrogen) atoms. The summed E-state index contributed by atoms with van der Waals surface area (Å²) in [4.78, 5) is 43.7. The Balaban J connectivity index is 1.48. The van der Waals surface area contributed by atoms with Gasteiger partial charge in [0.05, 0.1) is 28.5 Å². The number of hydrogen-bond acceptors (Lipinski definition) is 5. The molecule has 2 heterocycles. The highest BCUT2D eigenvalue weighted by molar-refractivity contribution is 6.35. The van der Waals surface area contributed by atoms with Gasteiger partial charge in [0.15, 0.2) is 0 Å². The minimum absolute atomic E-state index is 0.146.